The fourth-order valence-electron chi connectivity index (χ4n) is 3.26. The summed E-state index contributed by atoms with van der Waals surface area (Å²) in [4.78, 5) is 27.2. The van der Waals surface area contributed by atoms with Gasteiger partial charge in [-0.25, -0.2) is 9.97 Å². The largest absolute Gasteiger partial charge is 0.488 e. The van der Waals surface area contributed by atoms with E-state index in [9.17, 15) is 4.79 Å². The third-order valence-electron chi connectivity index (χ3n) is 4.72. The minimum Gasteiger partial charge on any atom is -0.488 e. The summed E-state index contributed by atoms with van der Waals surface area (Å²) in [5.74, 6) is 2.22. The maximum atomic E-state index is 12.7. The number of aromatic nitrogens is 5. The van der Waals surface area contributed by atoms with Gasteiger partial charge in [-0.1, -0.05) is 6.07 Å². The number of ether oxygens (including phenoxy) is 1. The molecule has 4 heterocycles. The quantitative estimate of drug-likeness (QED) is 0.556. The number of fused-ring (bicyclic) bond motifs is 2. The number of anilines is 2. The lowest BCUT2D eigenvalue weighted by Crippen LogP contribution is -2.29. The molecule has 0 bridgehead atoms. The molecule has 0 unspecified atom stereocenters. The van der Waals surface area contributed by atoms with Crippen molar-refractivity contribution in [2.75, 3.05) is 30.4 Å². The van der Waals surface area contributed by atoms with Gasteiger partial charge in [0.25, 0.3) is 5.91 Å². The van der Waals surface area contributed by atoms with Gasteiger partial charge in [0.2, 0.25) is 0 Å². The summed E-state index contributed by atoms with van der Waals surface area (Å²) < 4.78 is 5.74. The average Bonchev–Trinajstić information content (AvgIpc) is 3.19. The van der Waals surface area contributed by atoms with E-state index in [1.165, 1.54) is 0 Å². The Hall–Kier alpha value is -4.01. The summed E-state index contributed by atoms with van der Waals surface area (Å²) in [7, 11) is 1.98. The van der Waals surface area contributed by atoms with Crippen LogP contribution in [0.5, 0.6) is 5.75 Å². The van der Waals surface area contributed by atoms with Crippen LogP contribution in [0.25, 0.3) is 22.4 Å². The molecule has 0 saturated heterocycles. The number of para-hydroxylation sites is 1. The number of imidazole rings is 1. The highest BCUT2D eigenvalue weighted by Gasteiger charge is 2.19. The summed E-state index contributed by atoms with van der Waals surface area (Å²) in [5.41, 5.74) is 2.55. The Morgan fingerprint density at radius 3 is 3.07 bits per heavy atom. The molecule has 4 aromatic rings. The Labute approximate surface area is 165 Å². The van der Waals surface area contributed by atoms with Crippen LogP contribution in [0.2, 0.25) is 0 Å². The second-order valence-electron chi connectivity index (χ2n) is 6.67. The van der Waals surface area contributed by atoms with E-state index in [0.29, 0.717) is 29.3 Å². The van der Waals surface area contributed by atoms with Gasteiger partial charge in [0.1, 0.15) is 17.9 Å². The van der Waals surface area contributed by atoms with Crippen molar-refractivity contribution < 1.29 is 9.53 Å². The van der Waals surface area contributed by atoms with E-state index in [2.05, 4.69) is 35.4 Å². The Morgan fingerprint density at radius 2 is 2.21 bits per heavy atom. The van der Waals surface area contributed by atoms with Crippen molar-refractivity contribution in [2.45, 2.75) is 0 Å². The molecule has 0 atom stereocenters. The van der Waals surface area contributed by atoms with Crippen LogP contribution in [-0.4, -0.2) is 51.3 Å². The lowest BCUT2D eigenvalue weighted by molar-refractivity contribution is 0.102. The first-order valence-corrected chi connectivity index (χ1v) is 9.11. The predicted octanol–water partition coefficient (Wildman–Crippen LogP) is 2.50. The first-order valence-electron chi connectivity index (χ1n) is 9.11. The molecule has 0 aliphatic carbocycles. The zero-order chi connectivity index (χ0) is 19.8. The molecule has 0 radical (unpaired) electrons. The number of hydrogen-bond acceptors (Lipinski definition) is 7. The zero-order valence-electron chi connectivity index (χ0n) is 15.6. The number of likely N-dealkylation sites (N-methyl/N-ethyl adjacent to an activating group) is 1. The molecule has 29 heavy (non-hydrogen) atoms. The van der Waals surface area contributed by atoms with E-state index < -0.39 is 0 Å². The van der Waals surface area contributed by atoms with Crippen LogP contribution in [-0.2, 0) is 0 Å². The first-order chi connectivity index (χ1) is 14.2. The molecular formula is C20H17N7O2. The summed E-state index contributed by atoms with van der Waals surface area (Å²) in [6, 6.07) is 10.7. The normalized spacial score (nSPS) is 13.1. The molecule has 1 aromatic carbocycles. The van der Waals surface area contributed by atoms with Crippen molar-refractivity contribution >= 4 is 28.6 Å². The van der Waals surface area contributed by atoms with E-state index in [4.69, 9.17) is 4.74 Å². The molecule has 2 N–H and O–H groups in total. The average molecular weight is 387 g/mol. The summed E-state index contributed by atoms with van der Waals surface area (Å²) >= 11 is 0. The summed E-state index contributed by atoms with van der Waals surface area (Å²) in [5, 5.41) is 10.4. The predicted molar refractivity (Wildman–Crippen MR) is 108 cm³/mol. The molecule has 9 nitrogen and oxygen atoms in total. The minimum absolute atomic E-state index is 0.303. The molecule has 5 rings (SSSR count). The monoisotopic (exact) mass is 387 g/mol. The lowest BCUT2D eigenvalue weighted by Gasteiger charge is -2.26. The number of amides is 1. The lowest BCUT2D eigenvalue weighted by atomic mass is 10.1. The molecule has 0 saturated carbocycles. The second-order valence-corrected chi connectivity index (χ2v) is 6.67. The smallest absolute Gasteiger partial charge is 0.259 e. The topological polar surface area (TPSA) is 109 Å². The van der Waals surface area contributed by atoms with Gasteiger partial charge in [-0.2, -0.15) is 5.10 Å². The molecule has 1 amide bonds. The number of carbonyl (C=O) groups is 1. The summed E-state index contributed by atoms with van der Waals surface area (Å²) in [6.07, 6.45) is 3.30. The molecule has 9 heteroatoms. The first kappa shape index (κ1) is 17.1. The number of H-pyrrole nitrogens is 1. The van der Waals surface area contributed by atoms with E-state index in [1.807, 2.05) is 19.2 Å². The van der Waals surface area contributed by atoms with Crippen LogP contribution in [0.3, 0.4) is 0 Å². The van der Waals surface area contributed by atoms with Crippen molar-refractivity contribution in [3.05, 3.63) is 54.4 Å². The van der Waals surface area contributed by atoms with Gasteiger partial charge in [-0.15, -0.1) is 5.10 Å². The highest BCUT2D eigenvalue weighted by molar-refractivity contribution is 6.11. The number of pyridine rings is 1. The fourth-order valence-corrected chi connectivity index (χ4v) is 3.26. The maximum Gasteiger partial charge on any atom is 0.259 e. The van der Waals surface area contributed by atoms with Crippen LogP contribution in [0, 0.1) is 0 Å². The minimum atomic E-state index is -0.303. The molecular weight excluding hydrogens is 370 g/mol. The van der Waals surface area contributed by atoms with Gasteiger partial charge in [-0.05, 0) is 30.3 Å². The zero-order valence-corrected chi connectivity index (χ0v) is 15.6. The number of benzene rings is 1. The Morgan fingerprint density at radius 1 is 1.28 bits per heavy atom. The van der Waals surface area contributed by atoms with Crippen LogP contribution < -0.4 is 15.0 Å². The number of carbonyl (C=O) groups excluding carboxylic acids is 1. The van der Waals surface area contributed by atoms with E-state index in [1.54, 1.807) is 36.7 Å². The second kappa shape index (κ2) is 6.86. The van der Waals surface area contributed by atoms with Crippen molar-refractivity contribution in [3.63, 3.8) is 0 Å². The SMILES string of the molecule is CN1CCOc2cc(-c3nc4c(C(=O)Nc5cccnn5)cccc4[nH]3)cnc21. The van der Waals surface area contributed by atoms with Crippen LogP contribution in [0.15, 0.2) is 48.8 Å². The van der Waals surface area contributed by atoms with Gasteiger partial charge in [0, 0.05) is 25.0 Å². The van der Waals surface area contributed by atoms with Crippen molar-refractivity contribution in [3.8, 4) is 17.1 Å². The number of hydrogen-bond donors (Lipinski definition) is 2. The third kappa shape index (κ3) is 3.12. The Balaban J connectivity index is 1.51. The number of aromatic amines is 1. The molecule has 0 fully saturated rings. The van der Waals surface area contributed by atoms with Crippen LogP contribution in [0.4, 0.5) is 11.6 Å². The number of nitrogens with zero attached hydrogens (tertiary/aromatic N) is 5. The molecule has 144 valence electrons. The van der Waals surface area contributed by atoms with Crippen molar-refractivity contribution in [1.82, 2.24) is 25.1 Å². The molecule has 0 spiro atoms. The van der Waals surface area contributed by atoms with E-state index >= 15 is 0 Å². The summed E-state index contributed by atoms with van der Waals surface area (Å²) in [6.45, 7) is 1.41. The molecule has 1 aliphatic heterocycles. The molecule has 1 aliphatic rings. The molecule has 3 aromatic heterocycles. The van der Waals surface area contributed by atoms with Crippen LogP contribution in [0.1, 0.15) is 10.4 Å². The van der Waals surface area contributed by atoms with Gasteiger partial charge in [-0.3, -0.25) is 4.79 Å². The third-order valence-corrected chi connectivity index (χ3v) is 4.72. The van der Waals surface area contributed by atoms with Gasteiger partial charge in [0.15, 0.2) is 17.4 Å². The van der Waals surface area contributed by atoms with Gasteiger partial charge in [0.05, 0.1) is 17.6 Å². The Bertz CT molecular complexity index is 1210. The highest BCUT2D eigenvalue weighted by Crippen LogP contribution is 2.32. The van der Waals surface area contributed by atoms with Gasteiger partial charge >= 0.3 is 0 Å². The number of nitrogens with one attached hydrogen (secondary N) is 2. The van der Waals surface area contributed by atoms with Gasteiger partial charge < -0.3 is 19.9 Å². The highest BCUT2D eigenvalue weighted by atomic mass is 16.5. The number of rotatable bonds is 3. The van der Waals surface area contributed by atoms with E-state index in [-0.39, 0.29) is 5.91 Å². The van der Waals surface area contributed by atoms with E-state index in [0.717, 1.165) is 29.2 Å². The van der Waals surface area contributed by atoms with Crippen molar-refractivity contribution in [1.29, 1.82) is 0 Å². The fraction of sp³-hybridized carbons (Fsp3) is 0.150. The van der Waals surface area contributed by atoms with Crippen molar-refractivity contribution in [2.24, 2.45) is 0 Å². The van der Waals surface area contributed by atoms with Crippen LogP contribution >= 0.6 is 0 Å². The maximum absolute atomic E-state index is 12.7. The standard InChI is InChI=1S/C20H17N7O2/c1-27-8-9-29-15-10-12(11-21-19(15)27)18-23-14-5-2-4-13(17(14)25-18)20(28)24-16-6-3-7-22-26-16/h2-7,10-11H,8-9H2,1H3,(H,23,25)(H,24,26,28). The Kier molecular flexibility index (Phi) is 4.05.